The fourth-order valence-electron chi connectivity index (χ4n) is 1.53. The van der Waals surface area contributed by atoms with E-state index in [1.165, 1.54) is 16.8 Å². The summed E-state index contributed by atoms with van der Waals surface area (Å²) in [5.74, 6) is -1.23. The van der Waals surface area contributed by atoms with E-state index < -0.39 is 11.6 Å². The first-order valence-corrected chi connectivity index (χ1v) is 5.12. The third-order valence-electron chi connectivity index (χ3n) is 2.22. The minimum atomic E-state index is -0.615. The normalized spacial score (nSPS) is 10.8. The lowest BCUT2D eigenvalue weighted by molar-refractivity contribution is 0.298. The Kier molecular flexibility index (Phi) is 3.43. The molecular weight excluding hydrogens is 228 g/mol. The van der Waals surface area contributed by atoms with Gasteiger partial charge in [0.25, 0.3) is 0 Å². The van der Waals surface area contributed by atoms with Gasteiger partial charge in [0, 0.05) is 25.3 Å². The maximum absolute atomic E-state index is 12.9. The molecule has 0 spiro atoms. The molecule has 90 valence electrons. The van der Waals surface area contributed by atoms with Crippen LogP contribution in [0.25, 0.3) is 0 Å². The summed E-state index contributed by atoms with van der Waals surface area (Å²) in [7, 11) is 0. The first-order chi connectivity index (χ1) is 8.17. The quantitative estimate of drug-likeness (QED) is 0.870. The summed E-state index contributed by atoms with van der Waals surface area (Å²) in [4.78, 5) is 0. The molecule has 17 heavy (non-hydrogen) atoms. The highest BCUT2D eigenvalue weighted by Gasteiger charge is 2.04. The van der Waals surface area contributed by atoms with Crippen LogP contribution in [0.5, 0.6) is 0 Å². The van der Waals surface area contributed by atoms with Gasteiger partial charge in [0.1, 0.15) is 11.6 Å². The van der Waals surface area contributed by atoms with Gasteiger partial charge in [0.2, 0.25) is 0 Å². The Hall–Kier alpha value is -1.82. The van der Waals surface area contributed by atoms with Crippen LogP contribution in [-0.2, 0) is 13.0 Å². The summed E-state index contributed by atoms with van der Waals surface area (Å²) in [5.41, 5.74) is 1.12. The molecule has 0 amide bonds. The van der Waals surface area contributed by atoms with Crippen molar-refractivity contribution in [3.8, 4) is 0 Å². The number of hydrogen-bond donors (Lipinski definition) is 1. The van der Waals surface area contributed by atoms with Crippen LogP contribution in [0.2, 0.25) is 0 Å². The predicted molar refractivity (Wildman–Crippen MR) is 56.3 cm³/mol. The van der Waals surface area contributed by atoms with Crippen molar-refractivity contribution in [3.63, 3.8) is 0 Å². The van der Waals surface area contributed by atoms with Crippen LogP contribution in [-0.4, -0.2) is 26.7 Å². The molecule has 6 heteroatoms. The number of aliphatic hydroxyl groups is 1. The SMILES string of the molecule is OCCc1cn(Cc2cc(F)cc(F)c2)nn1. The number of benzene rings is 1. The fourth-order valence-corrected chi connectivity index (χ4v) is 1.53. The molecule has 0 aliphatic carbocycles. The molecule has 1 aromatic heterocycles. The van der Waals surface area contributed by atoms with Gasteiger partial charge in [-0.25, -0.2) is 13.5 Å². The zero-order valence-electron chi connectivity index (χ0n) is 8.98. The van der Waals surface area contributed by atoms with Crippen molar-refractivity contribution in [1.29, 1.82) is 0 Å². The molecule has 0 fully saturated rings. The Balaban J connectivity index is 2.13. The second-order valence-corrected chi connectivity index (χ2v) is 3.66. The van der Waals surface area contributed by atoms with Crippen LogP contribution in [0, 0.1) is 11.6 Å². The Morgan fingerprint density at radius 3 is 2.53 bits per heavy atom. The number of halogens is 2. The summed E-state index contributed by atoms with van der Waals surface area (Å²) in [5, 5.41) is 16.3. The maximum atomic E-state index is 12.9. The molecule has 1 aromatic carbocycles. The average Bonchev–Trinajstić information content (AvgIpc) is 2.64. The first kappa shape index (κ1) is 11.7. The second-order valence-electron chi connectivity index (χ2n) is 3.66. The Morgan fingerprint density at radius 2 is 1.88 bits per heavy atom. The van der Waals surface area contributed by atoms with Crippen LogP contribution in [0.4, 0.5) is 8.78 Å². The van der Waals surface area contributed by atoms with Gasteiger partial charge in [-0.3, -0.25) is 0 Å². The lowest BCUT2D eigenvalue weighted by Crippen LogP contribution is -2.01. The summed E-state index contributed by atoms with van der Waals surface area (Å²) < 4.78 is 27.3. The van der Waals surface area contributed by atoms with E-state index in [0.717, 1.165) is 6.07 Å². The molecule has 0 aliphatic rings. The summed E-state index contributed by atoms with van der Waals surface area (Å²) >= 11 is 0. The van der Waals surface area contributed by atoms with Gasteiger partial charge in [-0.2, -0.15) is 0 Å². The van der Waals surface area contributed by atoms with Gasteiger partial charge in [-0.15, -0.1) is 5.10 Å². The predicted octanol–water partition coefficient (Wildman–Crippen LogP) is 1.14. The molecule has 0 aliphatic heterocycles. The number of hydrogen-bond acceptors (Lipinski definition) is 3. The Bertz CT molecular complexity index is 493. The van der Waals surface area contributed by atoms with Crippen molar-refractivity contribution in [2.75, 3.05) is 6.61 Å². The monoisotopic (exact) mass is 239 g/mol. The maximum Gasteiger partial charge on any atom is 0.126 e. The van der Waals surface area contributed by atoms with E-state index in [2.05, 4.69) is 10.3 Å². The standard InChI is InChI=1S/C11H11F2N3O/c12-9-3-8(4-10(13)5-9)6-16-7-11(1-2-17)14-15-16/h3-5,7,17H,1-2,6H2. The summed E-state index contributed by atoms with van der Waals surface area (Å²) in [6.07, 6.45) is 2.05. The van der Waals surface area contributed by atoms with Crippen LogP contribution >= 0.6 is 0 Å². The molecule has 0 saturated carbocycles. The van der Waals surface area contributed by atoms with Crippen LogP contribution in [0.3, 0.4) is 0 Å². The average molecular weight is 239 g/mol. The van der Waals surface area contributed by atoms with Crippen molar-refractivity contribution in [2.45, 2.75) is 13.0 Å². The van der Waals surface area contributed by atoms with Gasteiger partial charge < -0.3 is 5.11 Å². The van der Waals surface area contributed by atoms with Crippen LogP contribution < -0.4 is 0 Å². The van der Waals surface area contributed by atoms with Gasteiger partial charge >= 0.3 is 0 Å². The van der Waals surface area contributed by atoms with E-state index in [1.807, 2.05) is 0 Å². The molecule has 1 heterocycles. The molecule has 0 bridgehead atoms. The summed E-state index contributed by atoms with van der Waals surface area (Å²) in [6.45, 7) is 0.237. The lowest BCUT2D eigenvalue weighted by atomic mass is 10.2. The van der Waals surface area contributed by atoms with Gasteiger partial charge in [0.15, 0.2) is 0 Å². The molecule has 1 N–H and O–H groups in total. The van der Waals surface area contributed by atoms with E-state index in [1.54, 1.807) is 6.20 Å². The Labute approximate surface area is 96.5 Å². The number of rotatable bonds is 4. The van der Waals surface area contributed by atoms with Crippen LogP contribution in [0.15, 0.2) is 24.4 Å². The lowest BCUT2D eigenvalue weighted by Gasteiger charge is -2.01. The van der Waals surface area contributed by atoms with E-state index in [-0.39, 0.29) is 13.2 Å². The van der Waals surface area contributed by atoms with Gasteiger partial charge in [0.05, 0.1) is 12.2 Å². The fraction of sp³-hybridized carbons (Fsp3) is 0.273. The Morgan fingerprint density at radius 1 is 1.18 bits per heavy atom. The summed E-state index contributed by atoms with van der Waals surface area (Å²) in [6, 6.07) is 3.31. The largest absolute Gasteiger partial charge is 0.396 e. The molecule has 0 saturated heterocycles. The minimum Gasteiger partial charge on any atom is -0.396 e. The van der Waals surface area contributed by atoms with Crippen molar-refractivity contribution in [1.82, 2.24) is 15.0 Å². The number of aromatic nitrogens is 3. The highest BCUT2D eigenvalue weighted by Crippen LogP contribution is 2.09. The van der Waals surface area contributed by atoms with Crippen molar-refractivity contribution >= 4 is 0 Å². The molecule has 0 atom stereocenters. The number of aliphatic hydroxyl groups excluding tert-OH is 1. The van der Waals surface area contributed by atoms with E-state index >= 15 is 0 Å². The van der Waals surface area contributed by atoms with Gasteiger partial charge in [-0.05, 0) is 17.7 Å². The number of nitrogens with zero attached hydrogens (tertiary/aromatic N) is 3. The molecule has 0 unspecified atom stereocenters. The van der Waals surface area contributed by atoms with E-state index in [4.69, 9.17) is 5.11 Å². The topological polar surface area (TPSA) is 50.9 Å². The molecule has 2 rings (SSSR count). The van der Waals surface area contributed by atoms with Gasteiger partial charge in [-0.1, -0.05) is 5.21 Å². The zero-order chi connectivity index (χ0) is 12.3. The molecule has 4 nitrogen and oxygen atoms in total. The first-order valence-electron chi connectivity index (χ1n) is 5.12. The van der Waals surface area contributed by atoms with E-state index in [9.17, 15) is 8.78 Å². The molecule has 0 radical (unpaired) electrons. The van der Waals surface area contributed by atoms with Crippen molar-refractivity contribution in [3.05, 3.63) is 47.3 Å². The van der Waals surface area contributed by atoms with E-state index in [0.29, 0.717) is 17.7 Å². The third kappa shape index (κ3) is 3.07. The highest BCUT2D eigenvalue weighted by atomic mass is 19.1. The van der Waals surface area contributed by atoms with Crippen LogP contribution in [0.1, 0.15) is 11.3 Å². The highest BCUT2D eigenvalue weighted by molar-refractivity contribution is 5.18. The smallest absolute Gasteiger partial charge is 0.126 e. The second kappa shape index (κ2) is 5.01. The zero-order valence-corrected chi connectivity index (χ0v) is 8.98. The van der Waals surface area contributed by atoms with Crippen molar-refractivity contribution < 1.29 is 13.9 Å². The molecule has 2 aromatic rings. The molecular formula is C11H11F2N3O. The third-order valence-corrected chi connectivity index (χ3v) is 2.22. The minimum absolute atomic E-state index is 0.00666. The van der Waals surface area contributed by atoms with Crippen molar-refractivity contribution in [2.24, 2.45) is 0 Å².